The van der Waals surface area contributed by atoms with E-state index in [-0.39, 0.29) is 11.2 Å². The number of halogens is 2. The Morgan fingerprint density at radius 2 is 1.43 bits per heavy atom. The van der Waals surface area contributed by atoms with E-state index < -0.39 is 42.4 Å². The minimum absolute atomic E-state index is 0.132. The summed E-state index contributed by atoms with van der Waals surface area (Å²) in [5.74, 6) is 0. The maximum Gasteiger partial charge on any atom is 0.332 e. The first kappa shape index (κ1) is 24.0. The minimum Gasteiger partial charge on any atom is -0.394 e. The lowest BCUT2D eigenvalue weighted by molar-refractivity contribution is -0.0530. The summed E-state index contributed by atoms with van der Waals surface area (Å²) >= 11 is 6.82. The summed E-state index contributed by atoms with van der Waals surface area (Å²) in [5, 5.41) is 30.2. The van der Waals surface area contributed by atoms with E-state index in [0.29, 0.717) is 22.5 Å². The van der Waals surface area contributed by atoms with Gasteiger partial charge < -0.3 is 20.1 Å². The molecule has 12 heteroatoms. The second-order valence-electron chi connectivity index (χ2n) is 7.96. The van der Waals surface area contributed by atoms with Crippen LogP contribution in [0.3, 0.4) is 0 Å². The molecule has 1 fully saturated rings. The van der Waals surface area contributed by atoms with Gasteiger partial charge in [-0.1, -0.05) is 56.1 Å². The summed E-state index contributed by atoms with van der Waals surface area (Å²) in [5.41, 5.74) is 0.202. The Kier molecular flexibility index (Phi) is 6.42. The fraction of sp³-hybridized carbons (Fsp3) is 0.217. The van der Waals surface area contributed by atoms with Gasteiger partial charge in [-0.25, -0.2) is 19.3 Å². The zero-order chi connectivity index (χ0) is 24.9. The summed E-state index contributed by atoms with van der Waals surface area (Å²) in [7, 11) is 0. The monoisotopic (exact) mass is 604 g/mol. The van der Waals surface area contributed by atoms with Crippen molar-refractivity contribution in [1.82, 2.24) is 19.5 Å². The maximum atomic E-state index is 12.9. The van der Waals surface area contributed by atoms with Gasteiger partial charge in [0.15, 0.2) is 17.4 Å². The molecule has 0 aliphatic carbocycles. The Morgan fingerprint density at radius 1 is 0.886 bits per heavy atom. The van der Waals surface area contributed by atoms with E-state index in [0.717, 1.165) is 13.5 Å². The Hall–Kier alpha value is -2.74. The summed E-state index contributed by atoms with van der Waals surface area (Å²) < 4.78 is 8.20. The summed E-state index contributed by atoms with van der Waals surface area (Å²) in [6.45, 7) is -0.575. The topological polar surface area (TPSA) is 151 Å². The number of fused-ring (bicyclic) bond motifs is 1. The highest BCUT2D eigenvalue weighted by molar-refractivity contribution is 9.10. The predicted octanol–water partition coefficient (Wildman–Crippen LogP) is 1.95. The van der Waals surface area contributed by atoms with Crippen molar-refractivity contribution in [3.8, 4) is 22.5 Å². The second-order valence-corrected chi connectivity index (χ2v) is 9.80. The predicted molar refractivity (Wildman–Crippen MR) is 134 cm³/mol. The quantitative estimate of drug-likeness (QED) is 0.276. The third-order valence-corrected chi connectivity index (χ3v) is 6.82. The molecule has 4 atom stereocenters. The molecule has 4 N–H and O–H groups in total. The van der Waals surface area contributed by atoms with Gasteiger partial charge in [0.2, 0.25) is 0 Å². The SMILES string of the molecule is O=c1[nH]c(=O)n([C@@H]2O[C@H](CO)[C@@H](O)[C@H]2O)c2nc(-c3ccc(Br)cc3)c(-c3ccc(Br)cc3)nc12. The van der Waals surface area contributed by atoms with Crippen molar-refractivity contribution in [3.63, 3.8) is 0 Å². The largest absolute Gasteiger partial charge is 0.394 e. The molecule has 2 aromatic heterocycles. The van der Waals surface area contributed by atoms with Crippen molar-refractivity contribution in [2.24, 2.45) is 0 Å². The fourth-order valence-corrected chi connectivity index (χ4v) is 4.54. The molecule has 180 valence electrons. The number of nitrogens with zero attached hydrogens (tertiary/aromatic N) is 3. The van der Waals surface area contributed by atoms with E-state index in [1.54, 1.807) is 0 Å². The number of benzene rings is 2. The van der Waals surface area contributed by atoms with Crippen LogP contribution >= 0.6 is 31.9 Å². The van der Waals surface area contributed by atoms with Crippen LogP contribution in [0.15, 0.2) is 67.1 Å². The summed E-state index contributed by atoms with van der Waals surface area (Å²) in [4.78, 5) is 37.1. The fourth-order valence-electron chi connectivity index (χ4n) is 4.01. The number of nitrogens with one attached hydrogen (secondary N) is 1. The average molecular weight is 606 g/mol. The molecule has 0 spiro atoms. The molecule has 1 aliphatic rings. The van der Waals surface area contributed by atoms with Crippen LogP contribution in [-0.2, 0) is 4.74 Å². The van der Waals surface area contributed by atoms with Crippen LogP contribution in [0.25, 0.3) is 33.7 Å². The molecule has 0 unspecified atom stereocenters. The van der Waals surface area contributed by atoms with E-state index in [2.05, 4.69) is 46.8 Å². The van der Waals surface area contributed by atoms with Gasteiger partial charge in [-0.05, 0) is 24.3 Å². The van der Waals surface area contributed by atoms with E-state index >= 15 is 0 Å². The van der Waals surface area contributed by atoms with Crippen molar-refractivity contribution in [2.45, 2.75) is 24.5 Å². The molecule has 4 aromatic rings. The number of aliphatic hydroxyl groups excluding tert-OH is 3. The molecule has 0 bridgehead atoms. The van der Waals surface area contributed by atoms with Crippen molar-refractivity contribution < 1.29 is 20.1 Å². The molecule has 1 saturated heterocycles. The summed E-state index contributed by atoms with van der Waals surface area (Å²) in [6, 6.07) is 14.6. The molecule has 2 aromatic carbocycles. The van der Waals surface area contributed by atoms with E-state index in [4.69, 9.17) is 4.74 Å². The number of aromatic nitrogens is 4. The van der Waals surface area contributed by atoms with Crippen LogP contribution in [0.4, 0.5) is 0 Å². The standard InChI is InChI=1S/C23H18Br2N4O6/c24-12-5-1-10(2-6-12)15-16(11-3-7-13(25)8-4-11)27-20-17(26-15)21(33)28-23(34)29(20)22-19(32)18(31)14(9-30)35-22/h1-8,14,18-19,22,30-32H,9H2,(H,28,33,34)/t14-,18-,19-,22-/m1/s1. The number of aromatic amines is 1. The lowest BCUT2D eigenvalue weighted by Gasteiger charge is -2.19. The number of aliphatic hydroxyl groups is 3. The van der Waals surface area contributed by atoms with Crippen molar-refractivity contribution in [2.75, 3.05) is 6.61 Å². The van der Waals surface area contributed by atoms with Crippen molar-refractivity contribution in [3.05, 3.63) is 78.3 Å². The lowest BCUT2D eigenvalue weighted by atomic mass is 10.0. The normalized spacial score (nSPS) is 22.1. The van der Waals surface area contributed by atoms with Gasteiger partial charge in [-0.3, -0.25) is 9.78 Å². The zero-order valence-electron chi connectivity index (χ0n) is 17.8. The first-order valence-corrected chi connectivity index (χ1v) is 12.1. The van der Waals surface area contributed by atoms with Gasteiger partial charge in [-0.15, -0.1) is 0 Å². The van der Waals surface area contributed by atoms with Crippen LogP contribution in [0, 0.1) is 0 Å². The van der Waals surface area contributed by atoms with Gasteiger partial charge in [0.1, 0.15) is 18.3 Å². The number of rotatable bonds is 4. The molecule has 0 saturated carbocycles. The highest BCUT2D eigenvalue weighted by Crippen LogP contribution is 2.34. The van der Waals surface area contributed by atoms with Crippen LogP contribution in [0.5, 0.6) is 0 Å². The molecular formula is C23H18Br2N4O6. The van der Waals surface area contributed by atoms with Crippen molar-refractivity contribution in [1.29, 1.82) is 0 Å². The van der Waals surface area contributed by atoms with Gasteiger partial charge in [-0.2, -0.15) is 0 Å². The van der Waals surface area contributed by atoms with Gasteiger partial charge in [0.25, 0.3) is 5.56 Å². The smallest absolute Gasteiger partial charge is 0.332 e. The Balaban J connectivity index is 1.82. The number of hydrogen-bond donors (Lipinski definition) is 4. The number of ether oxygens (including phenoxy) is 1. The van der Waals surface area contributed by atoms with Gasteiger partial charge >= 0.3 is 5.69 Å². The molecule has 35 heavy (non-hydrogen) atoms. The van der Waals surface area contributed by atoms with Crippen molar-refractivity contribution >= 4 is 43.0 Å². The average Bonchev–Trinajstić information content (AvgIpc) is 3.13. The Bertz CT molecular complexity index is 1520. The zero-order valence-corrected chi connectivity index (χ0v) is 21.0. The van der Waals surface area contributed by atoms with E-state index in [9.17, 15) is 24.9 Å². The molecule has 3 heterocycles. The lowest BCUT2D eigenvalue weighted by Crippen LogP contribution is -2.39. The molecule has 0 radical (unpaired) electrons. The molecule has 10 nitrogen and oxygen atoms in total. The number of H-pyrrole nitrogens is 1. The van der Waals surface area contributed by atoms with E-state index in [1.807, 2.05) is 48.5 Å². The molecule has 0 amide bonds. The van der Waals surface area contributed by atoms with Crippen LogP contribution in [0.2, 0.25) is 0 Å². The van der Waals surface area contributed by atoms with Crippen LogP contribution in [0.1, 0.15) is 6.23 Å². The molecule has 1 aliphatic heterocycles. The van der Waals surface area contributed by atoms with Crippen LogP contribution in [-0.4, -0.2) is 59.8 Å². The highest BCUT2D eigenvalue weighted by Gasteiger charge is 2.44. The number of hydrogen-bond acceptors (Lipinski definition) is 8. The van der Waals surface area contributed by atoms with Crippen LogP contribution < -0.4 is 11.2 Å². The molecular weight excluding hydrogens is 588 g/mol. The highest BCUT2D eigenvalue weighted by atomic mass is 79.9. The second kappa shape index (κ2) is 9.37. The first-order valence-electron chi connectivity index (χ1n) is 10.5. The minimum atomic E-state index is -1.55. The Labute approximate surface area is 214 Å². The third-order valence-electron chi connectivity index (χ3n) is 5.77. The van der Waals surface area contributed by atoms with Gasteiger partial charge in [0, 0.05) is 20.1 Å². The Morgan fingerprint density at radius 3 is 1.94 bits per heavy atom. The first-order chi connectivity index (χ1) is 16.8. The summed E-state index contributed by atoms with van der Waals surface area (Å²) in [6.07, 6.45) is -5.52. The van der Waals surface area contributed by atoms with E-state index in [1.165, 1.54) is 0 Å². The molecule has 5 rings (SSSR count). The third kappa shape index (κ3) is 4.26. The maximum absolute atomic E-state index is 12.9. The van der Waals surface area contributed by atoms with Gasteiger partial charge in [0.05, 0.1) is 18.0 Å².